The number of hydrogen-bond donors (Lipinski definition) is 1. The molecule has 1 saturated heterocycles. The second-order valence-electron chi connectivity index (χ2n) is 7.31. The number of aryl methyl sites for hydroxylation is 1. The van der Waals surface area contributed by atoms with E-state index in [1.165, 1.54) is 10.3 Å². The summed E-state index contributed by atoms with van der Waals surface area (Å²) in [5.74, 6) is 0.452. The van der Waals surface area contributed by atoms with Gasteiger partial charge in [-0.1, -0.05) is 12.1 Å². The monoisotopic (exact) mass is 395 g/mol. The summed E-state index contributed by atoms with van der Waals surface area (Å²) in [6, 6.07) is 12.4. The summed E-state index contributed by atoms with van der Waals surface area (Å²) in [5.41, 5.74) is 2.31. The van der Waals surface area contributed by atoms with E-state index in [0.717, 1.165) is 36.2 Å². The van der Waals surface area contributed by atoms with E-state index in [1.54, 1.807) is 11.3 Å². The predicted molar refractivity (Wildman–Crippen MR) is 111 cm³/mol. The van der Waals surface area contributed by atoms with Gasteiger partial charge in [0, 0.05) is 24.7 Å². The average Bonchev–Trinajstić information content (AvgIpc) is 3.32. The maximum absolute atomic E-state index is 12.4. The van der Waals surface area contributed by atoms with E-state index in [1.807, 2.05) is 36.7 Å². The number of rotatable bonds is 8. The van der Waals surface area contributed by atoms with E-state index in [4.69, 9.17) is 4.74 Å². The third kappa shape index (κ3) is 4.94. The topological polar surface area (TPSA) is 64.1 Å². The second kappa shape index (κ2) is 9.26. The minimum atomic E-state index is 0.102. The number of benzene rings is 1. The second-order valence-corrected chi connectivity index (χ2v) is 8.43. The van der Waals surface area contributed by atoms with Crippen LogP contribution in [-0.2, 0) is 22.4 Å². The predicted octanol–water partition coefficient (Wildman–Crippen LogP) is 3.78. The molecule has 0 saturated carbocycles. The van der Waals surface area contributed by atoms with Crippen LogP contribution in [0.2, 0.25) is 0 Å². The van der Waals surface area contributed by atoms with E-state index in [9.17, 15) is 4.79 Å². The van der Waals surface area contributed by atoms with Gasteiger partial charge in [0.1, 0.15) is 0 Å². The Kier molecular flexibility index (Phi) is 6.29. The first-order valence-corrected chi connectivity index (χ1v) is 10.7. The summed E-state index contributed by atoms with van der Waals surface area (Å²) in [6.45, 7) is 1.30. The van der Waals surface area contributed by atoms with Gasteiger partial charge in [-0.05, 0) is 55.5 Å². The molecule has 1 amide bonds. The van der Waals surface area contributed by atoms with E-state index >= 15 is 0 Å². The standard InChI is InChI=1S/C22H25N3O2S/c26-21(7-3-4-8-22-25-18-5-1-2-6-20(18)28-22)24-19-15-27-14-17(19)13-16-9-11-23-12-10-16/h1-2,5-6,9-12,17,19H,3-4,7-8,13-15H2,(H,24,26)/t17-,19-/m1/s1. The molecule has 6 heteroatoms. The first-order valence-electron chi connectivity index (χ1n) is 9.88. The molecule has 2 atom stereocenters. The highest BCUT2D eigenvalue weighted by Crippen LogP contribution is 2.23. The third-order valence-corrected chi connectivity index (χ3v) is 6.27. The molecular formula is C22H25N3O2S. The lowest BCUT2D eigenvalue weighted by Gasteiger charge is -2.19. The molecule has 0 unspecified atom stereocenters. The number of nitrogens with one attached hydrogen (secondary N) is 1. The molecule has 1 aliphatic rings. The van der Waals surface area contributed by atoms with Crippen molar-refractivity contribution in [3.8, 4) is 0 Å². The zero-order valence-electron chi connectivity index (χ0n) is 15.8. The van der Waals surface area contributed by atoms with E-state index in [2.05, 4.69) is 27.4 Å². The molecule has 1 fully saturated rings. The molecule has 2 aromatic heterocycles. The van der Waals surface area contributed by atoms with Crippen LogP contribution in [0.25, 0.3) is 10.2 Å². The van der Waals surface area contributed by atoms with Gasteiger partial charge >= 0.3 is 0 Å². The van der Waals surface area contributed by atoms with Crippen molar-refractivity contribution in [1.82, 2.24) is 15.3 Å². The van der Waals surface area contributed by atoms with Crippen LogP contribution in [0, 0.1) is 5.92 Å². The van der Waals surface area contributed by atoms with Gasteiger partial charge in [0.15, 0.2) is 0 Å². The molecule has 28 heavy (non-hydrogen) atoms. The quantitative estimate of drug-likeness (QED) is 0.590. The smallest absolute Gasteiger partial charge is 0.220 e. The van der Waals surface area contributed by atoms with E-state index in [-0.39, 0.29) is 11.9 Å². The zero-order chi connectivity index (χ0) is 19.2. The number of thiazole rings is 1. The Labute approximate surface area is 169 Å². The Morgan fingerprint density at radius 3 is 2.86 bits per heavy atom. The van der Waals surface area contributed by atoms with Crippen molar-refractivity contribution >= 4 is 27.5 Å². The van der Waals surface area contributed by atoms with Crippen molar-refractivity contribution in [1.29, 1.82) is 0 Å². The SMILES string of the molecule is O=C(CCCCc1nc2ccccc2s1)N[C@@H]1COC[C@H]1Cc1ccncc1. The van der Waals surface area contributed by atoms with Crippen LogP contribution in [0.1, 0.15) is 29.8 Å². The number of nitrogens with zero attached hydrogens (tertiary/aromatic N) is 2. The molecule has 3 heterocycles. The molecule has 5 nitrogen and oxygen atoms in total. The summed E-state index contributed by atoms with van der Waals surface area (Å²) >= 11 is 1.75. The number of carbonyl (C=O) groups excluding carboxylic acids is 1. The van der Waals surface area contributed by atoms with Crippen molar-refractivity contribution in [2.24, 2.45) is 5.92 Å². The molecule has 4 rings (SSSR count). The fourth-order valence-electron chi connectivity index (χ4n) is 3.65. The van der Waals surface area contributed by atoms with Crippen molar-refractivity contribution in [2.75, 3.05) is 13.2 Å². The fourth-order valence-corrected chi connectivity index (χ4v) is 4.66. The number of aromatic nitrogens is 2. The van der Waals surface area contributed by atoms with Crippen LogP contribution in [0.5, 0.6) is 0 Å². The van der Waals surface area contributed by atoms with Gasteiger partial charge in [0.25, 0.3) is 0 Å². The van der Waals surface area contributed by atoms with Crippen LogP contribution in [0.15, 0.2) is 48.8 Å². The zero-order valence-corrected chi connectivity index (χ0v) is 16.7. The highest BCUT2D eigenvalue weighted by molar-refractivity contribution is 7.18. The number of carbonyl (C=O) groups is 1. The molecule has 1 aromatic carbocycles. The molecule has 1 N–H and O–H groups in total. The number of unbranched alkanes of at least 4 members (excludes halogenated alkanes) is 1. The van der Waals surface area contributed by atoms with Gasteiger partial charge in [-0.2, -0.15) is 0 Å². The largest absolute Gasteiger partial charge is 0.379 e. The molecular weight excluding hydrogens is 370 g/mol. The van der Waals surface area contributed by atoms with Crippen molar-refractivity contribution in [3.63, 3.8) is 0 Å². The maximum atomic E-state index is 12.4. The molecule has 0 spiro atoms. The maximum Gasteiger partial charge on any atom is 0.220 e. The Morgan fingerprint density at radius 2 is 2.00 bits per heavy atom. The van der Waals surface area contributed by atoms with E-state index < -0.39 is 0 Å². The first-order chi connectivity index (χ1) is 13.8. The molecule has 0 aliphatic carbocycles. The average molecular weight is 396 g/mol. The normalized spacial score (nSPS) is 19.1. The number of ether oxygens (including phenoxy) is 1. The van der Waals surface area contributed by atoms with Gasteiger partial charge in [-0.15, -0.1) is 11.3 Å². The lowest BCUT2D eigenvalue weighted by Crippen LogP contribution is -2.40. The summed E-state index contributed by atoms with van der Waals surface area (Å²) < 4.78 is 6.85. The molecule has 0 radical (unpaired) electrons. The Balaban J connectivity index is 1.19. The summed E-state index contributed by atoms with van der Waals surface area (Å²) in [5, 5.41) is 4.33. The highest BCUT2D eigenvalue weighted by atomic mass is 32.1. The lowest BCUT2D eigenvalue weighted by molar-refractivity contribution is -0.122. The number of fused-ring (bicyclic) bond motifs is 1. The van der Waals surface area contributed by atoms with Gasteiger partial charge in [0.2, 0.25) is 5.91 Å². The molecule has 3 aromatic rings. The Bertz CT molecular complexity index is 879. The van der Waals surface area contributed by atoms with E-state index in [0.29, 0.717) is 25.6 Å². The van der Waals surface area contributed by atoms with Gasteiger partial charge < -0.3 is 10.1 Å². The summed E-state index contributed by atoms with van der Waals surface area (Å²) in [6.07, 6.45) is 7.88. The summed E-state index contributed by atoms with van der Waals surface area (Å²) in [4.78, 5) is 21.1. The minimum Gasteiger partial charge on any atom is -0.379 e. The lowest BCUT2D eigenvalue weighted by atomic mass is 9.95. The van der Waals surface area contributed by atoms with Gasteiger partial charge in [0.05, 0.1) is 34.5 Å². The molecule has 146 valence electrons. The Hall–Kier alpha value is -2.31. The van der Waals surface area contributed by atoms with Crippen molar-refractivity contribution in [2.45, 2.75) is 38.1 Å². The van der Waals surface area contributed by atoms with Gasteiger partial charge in [-0.25, -0.2) is 4.98 Å². The summed E-state index contributed by atoms with van der Waals surface area (Å²) in [7, 11) is 0. The van der Waals surface area contributed by atoms with Crippen molar-refractivity contribution < 1.29 is 9.53 Å². The van der Waals surface area contributed by atoms with Crippen molar-refractivity contribution in [3.05, 3.63) is 59.4 Å². The molecule has 0 bridgehead atoms. The number of para-hydroxylation sites is 1. The molecule has 1 aliphatic heterocycles. The number of amides is 1. The minimum absolute atomic E-state index is 0.102. The Morgan fingerprint density at radius 1 is 1.14 bits per heavy atom. The first kappa shape index (κ1) is 19.0. The van der Waals surface area contributed by atoms with Crippen LogP contribution < -0.4 is 5.32 Å². The van der Waals surface area contributed by atoms with Crippen LogP contribution in [0.4, 0.5) is 0 Å². The number of pyridine rings is 1. The van der Waals surface area contributed by atoms with Crippen LogP contribution in [-0.4, -0.2) is 35.1 Å². The van der Waals surface area contributed by atoms with Crippen LogP contribution >= 0.6 is 11.3 Å². The van der Waals surface area contributed by atoms with Gasteiger partial charge in [-0.3, -0.25) is 9.78 Å². The highest BCUT2D eigenvalue weighted by Gasteiger charge is 2.29. The third-order valence-electron chi connectivity index (χ3n) is 5.17. The number of hydrogen-bond acceptors (Lipinski definition) is 5. The fraction of sp³-hybridized carbons (Fsp3) is 0.409. The van der Waals surface area contributed by atoms with Crippen LogP contribution in [0.3, 0.4) is 0 Å².